The van der Waals surface area contributed by atoms with Gasteiger partial charge >= 0.3 is 5.97 Å². The van der Waals surface area contributed by atoms with Gasteiger partial charge < -0.3 is 15.3 Å². The molecule has 1 aromatic heterocycles. The standard InChI is InChI=1S/C14H15N3O4/c18-12-6-8(7-17(12)9-4-5-9)13(19)16-11-3-1-2-10(15-11)14(20)21/h1-3,8-9H,4-7H2,(H,20,21)(H,15,16,19). The van der Waals surface area contributed by atoms with Gasteiger partial charge in [0.2, 0.25) is 11.8 Å². The molecular formula is C14H15N3O4. The molecule has 0 radical (unpaired) electrons. The van der Waals surface area contributed by atoms with E-state index < -0.39 is 11.9 Å². The van der Waals surface area contributed by atoms with Gasteiger partial charge in [0.1, 0.15) is 5.82 Å². The summed E-state index contributed by atoms with van der Waals surface area (Å²) in [5, 5.41) is 11.5. The van der Waals surface area contributed by atoms with Gasteiger partial charge in [0.05, 0.1) is 5.92 Å². The van der Waals surface area contributed by atoms with Crippen LogP contribution in [0.1, 0.15) is 29.8 Å². The molecule has 1 aliphatic heterocycles. The Bertz CT molecular complexity index is 612. The molecule has 2 aliphatic rings. The van der Waals surface area contributed by atoms with Crippen molar-refractivity contribution < 1.29 is 19.5 Å². The minimum absolute atomic E-state index is 0.0184. The molecule has 3 rings (SSSR count). The van der Waals surface area contributed by atoms with E-state index in [2.05, 4.69) is 10.3 Å². The van der Waals surface area contributed by atoms with E-state index in [9.17, 15) is 14.4 Å². The maximum atomic E-state index is 12.2. The first-order valence-electron chi connectivity index (χ1n) is 6.85. The van der Waals surface area contributed by atoms with Crippen molar-refractivity contribution in [1.29, 1.82) is 0 Å². The number of carbonyl (C=O) groups excluding carboxylic acids is 2. The zero-order valence-electron chi connectivity index (χ0n) is 11.3. The largest absolute Gasteiger partial charge is 0.477 e. The van der Waals surface area contributed by atoms with Crippen molar-refractivity contribution in [3.63, 3.8) is 0 Å². The number of carbonyl (C=O) groups is 3. The summed E-state index contributed by atoms with van der Waals surface area (Å²) in [4.78, 5) is 40.4. The molecule has 2 N–H and O–H groups in total. The van der Waals surface area contributed by atoms with Crippen LogP contribution in [0.25, 0.3) is 0 Å². The number of pyridine rings is 1. The van der Waals surface area contributed by atoms with Gasteiger partial charge in [-0.2, -0.15) is 0 Å². The lowest BCUT2D eigenvalue weighted by molar-refractivity contribution is -0.128. The van der Waals surface area contributed by atoms with Crippen molar-refractivity contribution in [3.8, 4) is 0 Å². The van der Waals surface area contributed by atoms with Gasteiger partial charge in [-0.3, -0.25) is 9.59 Å². The summed E-state index contributed by atoms with van der Waals surface area (Å²) in [6.07, 6.45) is 2.24. The number of carboxylic acid groups (broad SMARTS) is 1. The molecule has 110 valence electrons. The van der Waals surface area contributed by atoms with E-state index >= 15 is 0 Å². The van der Waals surface area contributed by atoms with Crippen molar-refractivity contribution in [2.45, 2.75) is 25.3 Å². The lowest BCUT2D eigenvalue weighted by Gasteiger charge is -2.15. The summed E-state index contributed by atoms with van der Waals surface area (Å²) < 4.78 is 0. The predicted molar refractivity (Wildman–Crippen MR) is 72.7 cm³/mol. The molecule has 0 aromatic carbocycles. The number of aromatic carboxylic acids is 1. The van der Waals surface area contributed by atoms with Crippen molar-refractivity contribution in [1.82, 2.24) is 9.88 Å². The Morgan fingerprint density at radius 1 is 1.33 bits per heavy atom. The van der Waals surface area contributed by atoms with Crippen LogP contribution in [0.15, 0.2) is 18.2 Å². The number of nitrogens with one attached hydrogen (secondary N) is 1. The zero-order chi connectivity index (χ0) is 15.0. The molecule has 1 aliphatic carbocycles. The Kier molecular flexibility index (Phi) is 3.32. The Morgan fingerprint density at radius 2 is 2.10 bits per heavy atom. The lowest BCUT2D eigenvalue weighted by Crippen LogP contribution is -2.30. The number of hydrogen-bond donors (Lipinski definition) is 2. The number of likely N-dealkylation sites (tertiary alicyclic amines) is 1. The van der Waals surface area contributed by atoms with Crippen LogP contribution < -0.4 is 5.32 Å². The third-order valence-corrected chi connectivity index (χ3v) is 3.74. The number of carboxylic acids is 1. The van der Waals surface area contributed by atoms with Crippen LogP contribution in [0.5, 0.6) is 0 Å². The maximum absolute atomic E-state index is 12.2. The third kappa shape index (κ3) is 2.86. The summed E-state index contributed by atoms with van der Waals surface area (Å²) in [6.45, 7) is 0.438. The fourth-order valence-corrected chi connectivity index (χ4v) is 2.50. The quantitative estimate of drug-likeness (QED) is 0.851. The maximum Gasteiger partial charge on any atom is 0.354 e. The van der Waals surface area contributed by atoms with Gasteiger partial charge in [0.25, 0.3) is 0 Å². The molecule has 1 atom stereocenters. The molecule has 1 unspecified atom stereocenters. The van der Waals surface area contributed by atoms with Crippen molar-refractivity contribution in [3.05, 3.63) is 23.9 Å². The van der Waals surface area contributed by atoms with E-state index in [1.54, 1.807) is 4.90 Å². The smallest absolute Gasteiger partial charge is 0.354 e. The molecule has 0 bridgehead atoms. The van der Waals surface area contributed by atoms with E-state index in [0.717, 1.165) is 12.8 Å². The van der Waals surface area contributed by atoms with E-state index in [1.807, 2.05) is 0 Å². The average molecular weight is 289 g/mol. The molecule has 21 heavy (non-hydrogen) atoms. The van der Waals surface area contributed by atoms with Crippen LogP contribution in [0, 0.1) is 5.92 Å². The molecule has 2 heterocycles. The van der Waals surface area contributed by atoms with Gasteiger partial charge in [-0.25, -0.2) is 9.78 Å². The summed E-state index contributed by atoms with van der Waals surface area (Å²) in [5.41, 5.74) is -0.130. The molecule has 1 aromatic rings. The third-order valence-electron chi connectivity index (χ3n) is 3.74. The minimum Gasteiger partial charge on any atom is -0.477 e. The number of amides is 2. The molecule has 1 saturated carbocycles. The first kappa shape index (κ1) is 13.5. The number of anilines is 1. The number of nitrogens with zero attached hydrogens (tertiary/aromatic N) is 2. The fourth-order valence-electron chi connectivity index (χ4n) is 2.50. The average Bonchev–Trinajstić information content (AvgIpc) is 3.22. The second-order valence-electron chi connectivity index (χ2n) is 5.38. The fraction of sp³-hybridized carbons (Fsp3) is 0.429. The Balaban J connectivity index is 1.65. The highest BCUT2D eigenvalue weighted by atomic mass is 16.4. The monoisotopic (exact) mass is 289 g/mol. The van der Waals surface area contributed by atoms with E-state index in [-0.39, 0.29) is 29.7 Å². The summed E-state index contributed by atoms with van der Waals surface area (Å²) in [7, 11) is 0. The summed E-state index contributed by atoms with van der Waals surface area (Å²) in [6, 6.07) is 4.71. The highest BCUT2D eigenvalue weighted by Gasteiger charge is 2.41. The first-order valence-corrected chi connectivity index (χ1v) is 6.85. The summed E-state index contributed by atoms with van der Waals surface area (Å²) in [5.74, 6) is -1.63. The molecule has 1 saturated heterocycles. The van der Waals surface area contributed by atoms with Crippen LogP contribution in [0.3, 0.4) is 0 Å². The highest BCUT2D eigenvalue weighted by Crippen LogP contribution is 2.32. The number of aromatic nitrogens is 1. The van der Waals surface area contributed by atoms with Crippen LogP contribution in [0.2, 0.25) is 0 Å². The molecule has 7 heteroatoms. The molecule has 2 amide bonds. The second-order valence-corrected chi connectivity index (χ2v) is 5.38. The molecular weight excluding hydrogens is 274 g/mol. The van der Waals surface area contributed by atoms with Crippen LogP contribution in [0.4, 0.5) is 5.82 Å². The Hall–Kier alpha value is -2.44. The topological polar surface area (TPSA) is 99.6 Å². The van der Waals surface area contributed by atoms with E-state index in [0.29, 0.717) is 12.6 Å². The Morgan fingerprint density at radius 3 is 2.76 bits per heavy atom. The first-order chi connectivity index (χ1) is 10.0. The SMILES string of the molecule is O=C(O)c1cccc(NC(=O)C2CC(=O)N(C3CC3)C2)n1. The van der Waals surface area contributed by atoms with Gasteiger partial charge in [-0.05, 0) is 25.0 Å². The van der Waals surface area contributed by atoms with Crippen molar-refractivity contribution in [2.24, 2.45) is 5.92 Å². The van der Waals surface area contributed by atoms with E-state index in [4.69, 9.17) is 5.11 Å². The van der Waals surface area contributed by atoms with E-state index in [1.165, 1.54) is 18.2 Å². The molecule has 2 fully saturated rings. The molecule has 7 nitrogen and oxygen atoms in total. The summed E-state index contributed by atoms with van der Waals surface area (Å²) >= 11 is 0. The predicted octanol–water partition coefficient (Wildman–Crippen LogP) is 0.729. The van der Waals surface area contributed by atoms with Crippen LogP contribution >= 0.6 is 0 Å². The second kappa shape index (κ2) is 5.16. The minimum atomic E-state index is -1.15. The van der Waals surface area contributed by atoms with Gasteiger partial charge in [-0.15, -0.1) is 0 Å². The molecule has 0 spiro atoms. The van der Waals surface area contributed by atoms with Crippen LogP contribution in [-0.2, 0) is 9.59 Å². The zero-order valence-corrected chi connectivity index (χ0v) is 11.3. The van der Waals surface area contributed by atoms with Crippen molar-refractivity contribution in [2.75, 3.05) is 11.9 Å². The normalized spacial score (nSPS) is 21.4. The highest BCUT2D eigenvalue weighted by molar-refractivity contribution is 5.97. The number of rotatable bonds is 4. The van der Waals surface area contributed by atoms with Gasteiger partial charge in [0, 0.05) is 19.0 Å². The van der Waals surface area contributed by atoms with Gasteiger partial charge in [0.15, 0.2) is 5.69 Å². The Labute approximate surface area is 121 Å². The number of hydrogen-bond acceptors (Lipinski definition) is 4. The van der Waals surface area contributed by atoms with Crippen LogP contribution in [-0.4, -0.2) is 45.4 Å². The lowest BCUT2D eigenvalue weighted by atomic mass is 10.1. The van der Waals surface area contributed by atoms with Crippen molar-refractivity contribution >= 4 is 23.6 Å². The van der Waals surface area contributed by atoms with Gasteiger partial charge in [-0.1, -0.05) is 6.07 Å².